The van der Waals surface area contributed by atoms with Crippen LogP contribution < -0.4 is 0 Å². The van der Waals surface area contributed by atoms with Gasteiger partial charge in [0.15, 0.2) is 0 Å². The zero-order chi connectivity index (χ0) is 13.8. The number of aliphatic hydroxyl groups is 1. The third-order valence-corrected chi connectivity index (χ3v) is 3.90. The van der Waals surface area contributed by atoms with Gasteiger partial charge in [-0.2, -0.15) is 13.2 Å². The summed E-state index contributed by atoms with van der Waals surface area (Å²) in [6.07, 6.45) is -0.811. The van der Waals surface area contributed by atoms with Gasteiger partial charge >= 0.3 is 6.18 Å². The molecule has 1 aliphatic rings. The molecule has 0 aliphatic heterocycles. The molecule has 3 unspecified atom stereocenters. The van der Waals surface area contributed by atoms with Crippen molar-refractivity contribution in [3.8, 4) is 0 Å². The number of hydrogen-bond acceptors (Lipinski definition) is 2. The van der Waals surface area contributed by atoms with E-state index in [1.807, 2.05) is 0 Å². The number of alkyl halides is 3. The number of hydrogen-bond donors (Lipinski definition) is 1. The summed E-state index contributed by atoms with van der Waals surface area (Å²) in [6, 6.07) is 0.0936. The maximum absolute atomic E-state index is 12.2. The van der Waals surface area contributed by atoms with Crippen molar-refractivity contribution >= 4 is 0 Å². The van der Waals surface area contributed by atoms with E-state index in [2.05, 4.69) is 6.92 Å². The molecule has 0 bridgehead atoms. The molecule has 1 fully saturated rings. The van der Waals surface area contributed by atoms with Crippen LogP contribution in [0.2, 0.25) is 0 Å². The molecule has 0 radical (unpaired) electrons. The van der Waals surface area contributed by atoms with Crippen LogP contribution in [0.4, 0.5) is 13.2 Å². The van der Waals surface area contributed by atoms with E-state index in [0.717, 1.165) is 25.7 Å². The summed E-state index contributed by atoms with van der Waals surface area (Å²) in [7, 11) is 1.75. The second-order valence-corrected chi connectivity index (χ2v) is 5.43. The highest BCUT2D eigenvalue weighted by Crippen LogP contribution is 2.32. The van der Waals surface area contributed by atoms with Crippen molar-refractivity contribution in [3.05, 3.63) is 0 Å². The van der Waals surface area contributed by atoms with Crippen LogP contribution in [0.1, 0.15) is 45.4 Å². The Balaban J connectivity index is 2.52. The zero-order valence-corrected chi connectivity index (χ0v) is 11.2. The molecular formula is C13H24F3NO. The van der Waals surface area contributed by atoms with Crippen LogP contribution in [0.15, 0.2) is 0 Å². The molecule has 0 spiro atoms. The largest absolute Gasteiger partial charge is 0.393 e. The number of aliphatic hydroxyl groups excluding tert-OH is 1. The Morgan fingerprint density at radius 1 is 1.28 bits per heavy atom. The first-order chi connectivity index (χ1) is 8.33. The Labute approximate surface area is 107 Å². The third-order valence-electron chi connectivity index (χ3n) is 3.90. The summed E-state index contributed by atoms with van der Waals surface area (Å²) in [6.45, 7) is 2.12. The van der Waals surface area contributed by atoms with E-state index in [1.54, 1.807) is 11.9 Å². The molecule has 18 heavy (non-hydrogen) atoms. The van der Waals surface area contributed by atoms with Crippen molar-refractivity contribution in [2.24, 2.45) is 5.92 Å². The third kappa shape index (κ3) is 5.14. The van der Waals surface area contributed by atoms with Gasteiger partial charge in [0, 0.05) is 12.6 Å². The highest BCUT2D eigenvalue weighted by Gasteiger charge is 2.34. The van der Waals surface area contributed by atoms with E-state index < -0.39 is 12.6 Å². The maximum Gasteiger partial charge on any atom is 0.390 e. The Morgan fingerprint density at radius 3 is 2.50 bits per heavy atom. The summed E-state index contributed by atoms with van der Waals surface area (Å²) in [5.41, 5.74) is 0. The quantitative estimate of drug-likeness (QED) is 0.827. The van der Waals surface area contributed by atoms with Crippen molar-refractivity contribution in [1.82, 2.24) is 4.90 Å². The topological polar surface area (TPSA) is 23.5 Å². The van der Waals surface area contributed by atoms with Crippen LogP contribution in [0.3, 0.4) is 0 Å². The maximum atomic E-state index is 12.2. The molecular weight excluding hydrogens is 243 g/mol. The predicted octanol–water partition coefficient (Wildman–Crippen LogP) is 3.20. The lowest BCUT2D eigenvalue weighted by Crippen LogP contribution is -2.44. The van der Waals surface area contributed by atoms with Gasteiger partial charge in [0.25, 0.3) is 0 Å². The SMILES string of the molecule is CCCC1CCC(O)CC1N(C)CCC(F)(F)F. The summed E-state index contributed by atoms with van der Waals surface area (Å²) in [5, 5.41) is 9.69. The lowest BCUT2D eigenvalue weighted by Gasteiger charge is -2.40. The van der Waals surface area contributed by atoms with Crippen LogP contribution in [0, 0.1) is 5.92 Å². The lowest BCUT2D eigenvalue weighted by atomic mass is 9.79. The minimum atomic E-state index is -4.10. The molecule has 0 amide bonds. The van der Waals surface area contributed by atoms with Gasteiger partial charge in [-0.05, 0) is 38.6 Å². The normalized spacial score (nSPS) is 29.8. The molecule has 5 heteroatoms. The molecule has 0 aromatic carbocycles. The second-order valence-electron chi connectivity index (χ2n) is 5.43. The van der Waals surface area contributed by atoms with Gasteiger partial charge in [-0.3, -0.25) is 0 Å². The molecule has 1 saturated carbocycles. The molecule has 3 atom stereocenters. The van der Waals surface area contributed by atoms with E-state index in [-0.39, 0.29) is 18.7 Å². The van der Waals surface area contributed by atoms with Gasteiger partial charge in [0.1, 0.15) is 0 Å². The molecule has 1 aliphatic carbocycles. The van der Waals surface area contributed by atoms with E-state index in [1.165, 1.54) is 0 Å². The number of nitrogens with zero attached hydrogens (tertiary/aromatic N) is 1. The van der Waals surface area contributed by atoms with Gasteiger partial charge < -0.3 is 10.0 Å². The molecule has 2 nitrogen and oxygen atoms in total. The van der Waals surface area contributed by atoms with Crippen molar-refractivity contribution in [3.63, 3.8) is 0 Å². The fourth-order valence-electron chi connectivity index (χ4n) is 2.90. The van der Waals surface area contributed by atoms with Gasteiger partial charge in [0.05, 0.1) is 12.5 Å². The number of rotatable bonds is 5. The van der Waals surface area contributed by atoms with Crippen LogP contribution >= 0.6 is 0 Å². The summed E-state index contributed by atoms with van der Waals surface area (Å²) < 4.78 is 36.7. The first kappa shape index (κ1) is 15.8. The van der Waals surface area contributed by atoms with Crippen LogP contribution in [-0.2, 0) is 0 Å². The fraction of sp³-hybridized carbons (Fsp3) is 1.00. The van der Waals surface area contributed by atoms with E-state index in [0.29, 0.717) is 12.3 Å². The minimum absolute atomic E-state index is 0.0289. The Bertz CT molecular complexity index is 245. The van der Waals surface area contributed by atoms with Gasteiger partial charge in [0.2, 0.25) is 0 Å². The lowest BCUT2D eigenvalue weighted by molar-refractivity contribution is -0.139. The molecule has 0 heterocycles. The first-order valence-electron chi connectivity index (χ1n) is 6.78. The number of halogens is 3. The summed E-state index contributed by atoms with van der Waals surface area (Å²) >= 11 is 0. The molecule has 0 saturated heterocycles. The molecule has 108 valence electrons. The summed E-state index contributed by atoms with van der Waals surface area (Å²) in [4.78, 5) is 1.79. The van der Waals surface area contributed by atoms with Crippen molar-refractivity contribution in [1.29, 1.82) is 0 Å². The van der Waals surface area contributed by atoms with Gasteiger partial charge in [-0.1, -0.05) is 13.3 Å². The van der Waals surface area contributed by atoms with E-state index >= 15 is 0 Å². The smallest absolute Gasteiger partial charge is 0.390 e. The molecule has 1 N–H and O–H groups in total. The van der Waals surface area contributed by atoms with Gasteiger partial charge in [-0.25, -0.2) is 0 Å². The van der Waals surface area contributed by atoms with E-state index in [4.69, 9.17) is 0 Å². The Morgan fingerprint density at radius 2 is 1.94 bits per heavy atom. The highest BCUT2D eigenvalue weighted by atomic mass is 19.4. The minimum Gasteiger partial charge on any atom is -0.393 e. The van der Waals surface area contributed by atoms with Gasteiger partial charge in [-0.15, -0.1) is 0 Å². The van der Waals surface area contributed by atoms with Crippen molar-refractivity contribution in [2.75, 3.05) is 13.6 Å². The van der Waals surface area contributed by atoms with Crippen LogP contribution in [-0.4, -0.2) is 41.9 Å². The van der Waals surface area contributed by atoms with Crippen molar-refractivity contribution < 1.29 is 18.3 Å². The molecule has 1 rings (SSSR count). The fourth-order valence-corrected chi connectivity index (χ4v) is 2.90. The zero-order valence-electron chi connectivity index (χ0n) is 11.2. The predicted molar refractivity (Wildman–Crippen MR) is 65.3 cm³/mol. The van der Waals surface area contributed by atoms with E-state index in [9.17, 15) is 18.3 Å². The standard InChI is InChI=1S/C13H24F3NO/c1-3-4-10-5-6-11(18)9-12(10)17(2)8-7-13(14,15)16/h10-12,18H,3-9H2,1-2H3. The summed E-state index contributed by atoms with van der Waals surface area (Å²) in [5.74, 6) is 0.427. The Kier molecular flexibility index (Phi) is 5.92. The molecule has 0 aromatic rings. The van der Waals surface area contributed by atoms with Crippen molar-refractivity contribution in [2.45, 2.75) is 63.8 Å². The monoisotopic (exact) mass is 267 g/mol. The second kappa shape index (κ2) is 6.75. The average Bonchev–Trinajstić information content (AvgIpc) is 2.27. The average molecular weight is 267 g/mol. The molecule has 0 aromatic heterocycles. The highest BCUT2D eigenvalue weighted by molar-refractivity contribution is 4.85. The van der Waals surface area contributed by atoms with Crippen LogP contribution in [0.5, 0.6) is 0 Å². The van der Waals surface area contributed by atoms with Crippen LogP contribution in [0.25, 0.3) is 0 Å². The Hall–Kier alpha value is -0.290. The first-order valence-corrected chi connectivity index (χ1v) is 6.78.